The predicted molar refractivity (Wildman–Crippen MR) is 88.2 cm³/mol. The van der Waals surface area contributed by atoms with Gasteiger partial charge in [0.1, 0.15) is 18.2 Å². The first-order valence-corrected chi connectivity index (χ1v) is 8.14. The van der Waals surface area contributed by atoms with Crippen LogP contribution in [0.15, 0.2) is 30.3 Å². The predicted octanol–water partition coefficient (Wildman–Crippen LogP) is 2.49. The molecule has 1 N–H and O–H groups in total. The number of hydrogen-bond acceptors (Lipinski definition) is 5. The maximum Gasteiger partial charge on any atom is 0.411 e. The summed E-state index contributed by atoms with van der Waals surface area (Å²) in [5, 5.41) is 9.83. The number of β-amino-alcohol motifs (C(OH)–C–C–N with tert-alkyl or cyclic N) is 1. The number of amides is 1. The summed E-state index contributed by atoms with van der Waals surface area (Å²) in [5.41, 5.74) is 0.211. The van der Waals surface area contributed by atoms with Crippen molar-refractivity contribution in [1.82, 2.24) is 4.90 Å². The van der Waals surface area contributed by atoms with Crippen LogP contribution in [0.2, 0.25) is 0 Å². The second-order valence-corrected chi connectivity index (χ2v) is 6.97. The third kappa shape index (κ3) is 5.23. The minimum absolute atomic E-state index is 0.0695. The normalized spacial score (nSPS) is 21.2. The zero-order chi connectivity index (χ0) is 17.7. The molecule has 0 aliphatic carbocycles. The van der Waals surface area contributed by atoms with E-state index in [-0.39, 0.29) is 13.2 Å². The van der Waals surface area contributed by atoms with Crippen LogP contribution in [0.5, 0.6) is 0 Å². The summed E-state index contributed by atoms with van der Waals surface area (Å²) in [6.45, 7) is 5.50. The highest BCUT2D eigenvalue weighted by molar-refractivity contribution is 5.81. The highest BCUT2D eigenvalue weighted by atomic mass is 16.6. The molecule has 6 nitrogen and oxygen atoms in total. The largest absolute Gasteiger partial charge is 0.459 e. The van der Waals surface area contributed by atoms with Gasteiger partial charge in [0.15, 0.2) is 0 Å². The van der Waals surface area contributed by atoms with E-state index in [9.17, 15) is 14.7 Å². The minimum atomic E-state index is -0.730. The Morgan fingerprint density at radius 2 is 1.88 bits per heavy atom. The summed E-state index contributed by atoms with van der Waals surface area (Å²) in [6.07, 6.45) is -0.461. The van der Waals surface area contributed by atoms with E-state index < -0.39 is 29.8 Å². The number of aliphatic hydroxyl groups is 1. The Labute approximate surface area is 142 Å². The number of benzene rings is 1. The van der Waals surface area contributed by atoms with Crippen LogP contribution in [0.4, 0.5) is 4.79 Å². The Morgan fingerprint density at radius 3 is 2.50 bits per heavy atom. The van der Waals surface area contributed by atoms with E-state index in [1.807, 2.05) is 30.3 Å². The fourth-order valence-corrected chi connectivity index (χ4v) is 2.54. The number of carbonyl (C=O) groups is 2. The number of hydrogen-bond donors (Lipinski definition) is 1. The zero-order valence-electron chi connectivity index (χ0n) is 14.4. The van der Waals surface area contributed by atoms with Crippen LogP contribution in [0.25, 0.3) is 0 Å². The van der Waals surface area contributed by atoms with Crippen molar-refractivity contribution in [2.24, 2.45) is 0 Å². The molecule has 24 heavy (non-hydrogen) atoms. The number of rotatable bonds is 3. The number of likely N-dealkylation sites (tertiary alicyclic amines) is 1. The third-order valence-corrected chi connectivity index (χ3v) is 3.68. The molecule has 1 aromatic carbocycles. The van der Waals surface area contributed by atoms with E-state index >= 15 is 0 Å². The fraction of sp³-hybridized carbons (Fsp3) is 0.556. The van der Waals surface area contributed by atoms with Crippen LogP contribution in [-0.4, -0.2) is 46.4 Å². The van der Waals surface area contributed by atoms with Gasteiger partial charge in [-0.3, -0.25) is 4.90 Å². The molecule has 0 saturated carbocycles. The van der Waals surface area contributed by atoms with Gasteiger partial charge in [0, 0.05) is 0 Å². The molecule has 1 aromatic rings. The number of nitrogens with zero attached hydrogens (tertiary/aromatic N) is 1. The van der Waals surface area contributed by atoms with Crippen LogP contribution >= 0.6 is 0 Å². The molecule has 132 valence electrons. The van der Waals surface area contributed by atoms with Gasteiger partial charge in [0.2, 0.25) is 0 Å². The van der Waals surface area contributed by atoms with Gasteiger partial charge in [-0.25, -0.2) is 9.59 Å². The van der Waals surface area contributed by atoms with Crippen molar-refractivity contribution in [3.05, 3.63) is 35.9 Å². The Bertz CT molecular complexity index is 567. The van der Waals surface area contributed by atoms with Crippen molar-refractivity contribution in [3.63, 3.8) is 0 Å². The number of aliphatic hydroxyl groups excluding tert-OH is 1. The van der Waals surface area contributed by atoms with Crippen LogP contribution in [-0.2, 0) is 20.9 Å². The number of esters is 1. The molecule has 0 spiro atoms. The van der Waals surface area contributed by atoms with E-state index in [0.29, 0.717) is 12.8 Å². The molecular formula is C18H25NO5. The van der Waals surface area contributed by atoms with E-state index in [1.165, 1.54) is 4.90 Å². The van der Waals surface area contributed by atoms with Gasteiger partial charge < -0.3 is 14.6 Å². The summed E-state index contributed by atoms with van der Waals surface area (Å²) >= 11 is 0. The molecule has 0 aromatic heterocycles. The van der Waals surface area contributed by atoms with Gasteiger partial charge in [0.05, 0.1) is 12.6 Å². The van der Waals surface area contributed by atoms with Gasteiger partial charge in [-0.05, 0) is 39.2 Å². The molecule has 2 rings (SSSR count). The summed E-state index contributed by atoms with van der Waals surface area (Å²) in [5.74, 6) is -0.475. The molecule has 2 atom stereocenters. The average Bonchev–Trinajstić information content (AvgIpc) is 2.52. The van der Waals surface area contributed by atoms with Crippen molar-refractivity contribution in [2.45, 2.75) is 58.0 Å². The SMILES string of the molecule is CC(C)(C)OC(=O)N1CC(O)CCC1C(=O)OCc1ccccc1. The molecule has 1 amide bonds. The summed E-state index contributed by atoms with van der Waals surface area (Å²) in [7, 11) is 0. The summed E-state index contributed by atoms with van der Waals surface area (Å²) in [6, 6.07) is 8.62. The van der Waals surface area contributed by atoms with Gasteiger partial charge in [-0.1, -0.05) is 30.3 Å². The Hall–Kier alpha value is -2.08. The van der Waals surface area contributed by atoms with Gasteiger partial charge in [-0.2, -0.15) is 0 Å². The van der Waals surface area contributed by atoms with E-state index in [1.54, 1.807) is 20.8 Å². The molecule has 0 radical (unpaired) electrons. The van der Waals surface area contributed by atoms with Crippen LogP contribution < -0.4 is 0 Å². The molecule has 1 saturated heterocycles. The molecular weight excluding hydrogens is 310 g/mol. The first-order chi connectivity index (χ1) is 11.3. The van der Waals surface area contributed by atoms with Crippen molar-refractivity contribution >= 4 is 12.1 Å². The standard InChI is InChI=1S/C18H25NO5/c1-18(2,3)24-17(22)19-11-14(20)9-10-15(19)16(21)23-12-13-7-5-4-6-8-13/h4-8,14-15,20H,9-12H2,1-3H3. The van der Waals surface area contributed by atoms with Gasteiger partial charge in [0.25, 0.3) is 0 Å². The Balaban J connectivity index is 2.01. The highest BCUT2D eigenvalue weighted by Gasteiger charge is 2.38. The van der Waals surface area contributed by atoms with Gasteiger partial charge in [-0.15, -0.1) is 0 Å². The monoisotopic (exact) mass is 335 g/mol. The Kier molecular flexibility index (Phi) is 5.83. The van der Waals surface area contributed by atoms with Crippen molar-refractivity contribution in [1.29, 1.82) is 0 Å². The van der Waals surface area contributed by atoms with Crippen LogP contribution in [0, 0.1) is 0 Å². The van der Waals surface area contributed by atoms with Crippen molar-refractivity contribution in [2.75, 3.05) is 6.54 Å². The lowest BCUT2D eigenvalue weighted by Gasteiger charge is -2.37. The van der Waals surface area contributed by atoms with E-state index in [0.717, 1.165) is 5.56 Å². The topological polar surface area (TPSA) is 76.1 Å². The molecule has 0 bridgehead atoms. The second kappa shape index (κ2) is 7.66. The quantitative estimate of drug-likeness (QED) is 0.859. The summed E-state index contributed by atoms with van der Waals surface area (Å²) < 4.78 is 10.7. The lowest BCUT2D eigenvalue weighted by Crippen LogP contribution is -2.53. The highest BCUT2D eigenvalue weighted by Crippen LogP contribution is 2.22. The van der Waals surface area contributed by atoms with Gasteiger partial charge >= 0.3 is 12.1 Å². The second-order valence-electron chi connectivity index (χ2n) is 6.97. The summed E-state index contributed by atoms with van der Waals surface area (Å²) in [4.78, 5) is 26.0. The Morgan fingerprint density at radius 1 is 1.21 bits per heavy atom. The average molecular weight is 335 g/mol. The smallest absolute Gasteiger partial charge is 0.411 e. The zero-order valence-corrected chi connectivity index (χ0v) is 14.4. The molecule has 1 aliphatic rings. The maximum absolute atomic E-state index is 12.4. The minimum Gasteiger partial charge on any atom is -0.459 e. The molecule has 1 aliphatic heterocycles. The fourth-order valence-electron chi connectivity index (χ4n) is 2.54. The van der Waals surface area contributed by atoms with E-state index in [2.05, 4.69) is 0 Å². The number of ether oxygens (including phenoxy) is 2. The first kappa shape index (κ1) is 18.3. The number of piperidine rings is 1. The van der Waals surface area contributed by atoms with Crippen LogP contribution in [0.3, 0.4) is 0 Å². The molecule has 1 heterocycles. The molecule has 6 heteroatoms. The lowest BCUT2D eigenvalue weighted by molar-refractivity contribution is -0.153. The van der Waals surface area contributed by atoms with Crippen molar-refractivity contribution < 1.29 is 24.2 Å². The van der Waals surface area contributed by atoms with Crippen LogP contribution in [0.1, 0.15) is 39.2 Å². The third-order valence-electron chi connectivity index (χ3n) is 3.68. The number of carbonyl (C=O) groups excluding carboxylic acids is 2. The van der Waals surface area contributed by atoms with Crippen molar-refractivity contribution in [3.8, 4) is 0 Å². The van der Waals surface area contributed by atoms with E-state index in [4.69, 9.17) is 9.47 Å². The maximum atomic E-state index is 12.4. The lowest BCUT2D eigenvalue weighted by atomic mass is 10.0. The molecule has 2 unspecified atom stereocenters. The molecule has 1 fully saturated rings. The first-order valence-electron chi connectivity index (χ1n) is 8.14.